The van der Waals surface area contributed by atoms with Crippen LogP contribution in [0.15, 0.2) is 47.4 Å². The topological polar surface area (TPSA) is 73.9 Å². The number of hydrogen-bond donors (Lipinski definition) is 1. The van der Waals surface area contributed by atoms with Crippen molar-refractivity contribution in [2.75, 3.05) is 27.4 Å². The van der Waals surface area contributed by atoms with Gasteiger partial charge in [0.15, 0.2) is 0 Å². The molecule has 0 atom stereocenters. The Bertz CT molecular complexity index is 816. The summed E-state index contributed by atoms with van der Waals surface area (Å²) in [5.41, 5.74) is 1.23. The van der Waals surface area contributed by atoms with Gasteiger partial charge < -0.3 is 14.2 Å². The molecule has 0 saturated heterocycles. The van der Waals surface area contributed by atoms with Gasteiger partial charge >= 0.3 is 0 Å². The summed E-state index contributed by atoms with van der Waals surface area (Å²) in [4.78, 5) is 0.0284. The van der Waals surface area contributed by atoms with Gasteiger partial charge in [-0.05, 0) is 35.7 Å². The highest BCUT2D eigenvalue weighted by Gasteiger charge is 2.20. The van der Waals surface area contributed by atoms with E-state index in [0.717, 1.165) is 0 Å². The molecule has 0 saturated carbocycles. The van der Waals surface area contributed by atoms with Gasteiger partial charge in [0.25, 0.3) is 0 Å². The van der Waals surface area contributed by atoms with Crippen LogP contribution in [-0.2, 0) is 10.0 Å². The third kappa shape index (κ3) is 5.12. The fraction of sp³-hybridized carbons (Fsp3) is 0.368. The molecule has 0 aliphatic carbocycles. The van der Waals surface area contributed by atoms with E-state index in [1.807, 2.05) is 24.3 Å². The Morgan fingerprint density at radius 1 is 0.962 bits per heavy atom. The number of nitrogens with one attached hydrogen (secondary N) is 1. The maximum atomic E-state index is 12.5. The minimum absolute atomic E-state index is 0.0284. The van der Waals surface area contributed by atoms with Crippen molar-refractivity contribution in [1.29, 1.82) is 0 Å². The van der Waals surface area contributed by atoms with Gasteiger partial charge in [0.2, 0.25) is 10.0 Å². The van der Waals surface area contributed by atoms with Gasteiger partial charge in [-0.25, -0.2) is 13.1 Å². The van der Waals surface area contributed by atoms with Gasteiger partial charge in [-0.1, -0.05) is 26.0 Å². The van der Waals surface area contributed by atoms with E-state index >= 15 is 0 Å². The first-order valence-electron chi connectivity index (χ1n) is 8.32. The molecule has 0 aliphatic rings. The standard InChI is InChI=1S/C19H25NO5S/c1-14(2)15-5-7-16(8-6-15)25-12-11-20-26(21,22)19-13-17(23-3)9-10-18(19)24-4/h5-10,13-14,20H,11-12H2,1-4H3. The maximum absolute atomic E-state index is 12.5. The maximum Gasteiger partial charge on any atom is 0.244 e. The lowest BCUT2D eigenvalue weighted by atomic mass is 10.0. The molecule has 1 N–H and O–H groups in total. The number of methoxy groups -OCH3 is 2. The van der Waals surface area contributed by atoms with Crippen LogP contribution in [-0.4, -0.2) is 35.8 Å². The van der Waals surface area contributed by atoms with Crippen LogP contribution in [0, 0.1) is 0 Å². The predicted octanol–water partition coefficient (Wildman–Crippen LogP) is 3.18. The molecule has 0 bridgehead atoms. The van der Waals surface area contributed by atoms with E-state index in [4.69, 9.17) is 14.2 Å². The van der Waals surface area contributed by atoms with E-state index in [2.05, 4.69) is 18.6 Å². The second-order valence-electron chi connectivity index (χ2n) is 5.99. The van der Waals surface area contributed by atoms with Crippen LogP contribution in [0.4, 0.5) is 0 Å². The summed E-state index contributed by atoms with van der Waals surface area (Å²) in [5, 5.41) is 0. The molecule has 0 spiro atoms. The number of rotatable bonds is 9. The van der Waals surface area contributed by atoms with Gasteiger partial charge in [0.05, 0.1) is 14.2 Å². The predicted molar refractivity (Wildman–Crippen MR) is 101 cm³/mol. The Morgan fingerprint density at radius 2 is 1.62 bits per heavy atom. The fourth-order valence-electron chi connectivity index (χ4n) is 2.37. The summed E-state index contributed by atoms with van der Waals surface area (Å²) in [6, 6.07) is 12.4. The Hall–Kier alpha value is -2.25. The second kappa shape index (κ2) is 8.91. The van der Waals surface area contributed by atoms with E-state index in [0.29, 0.717) is 17.4 Å². The molecule has 26 heavy (non-hydrogen) atoms. The van der Waals surface area contributed by atoms with Crippen molar-refractivity contribution in [3.05, 3.63) is 48.0 Å². The van der Waals surface area contributed by atoms with Gasteiger partial charge in [-0.3, -0.25) is 0 Å². The lowest BCUT2D eigenvalue weighted by Crippen LogP contribution is -2.28. The monoisotopic (exact) mass is 379 g/mol. The molecule has 6 nitrogen and oxygen atoms in total. The van der Waals surface area contributed by atoms with Crippen LogP contribution in [0.25, 0.3) is 0 Å². The highest BCUT2D eigenvalue weighted by Crippen LogP contribution is 2.27. The van der Waals surface area contributed by atoms with Crippen molar-refractivity contribution in [3.63, 3.8) is 0 Å². The number of benzene rings is 2. The van der Waals surface area contributed by atoms with Crippen molar-refractivity contribution >= 4 is 10.0 Å². The van der Waals surface area contributed by atoms with Crippen molar-refractivity contribution in [3.8, 4) is 17.2 Å². The van der Waals surface area contributed by atoms with Gasteiger partial charge in [-0.2, -0.15) is 0 Å². The SMILES string of the molecule is COc1ccc(OC)c(S(=O)(=O)NCCOc2ccc(C(C)C)cc2)c1. The highest BCUT2D eigenvalue weighted by molar-refractivity contribution is 7.89. The quantitative estimate of drug-likeness (QED) is 0.678. The minimum atomic E-state index is -3.74. The molecule has 0 amide bonds. The summed E-state index contributed by atoms with van der Waals surface area (Å²) in [6.07, 6.45) is 0. The highest BCUT2D eigenvalue weighted by atomic mass is 32.2. The average molecular weight is 379 g/mol. The second-order valence-corrected chi connectivity index (χ2v) is 7.72. The molecule has 0 aliphatic heterocycles. The number of sulfonamides is 1. The third-order valence-electron chi connectivity index (χ3n) is 3.87. The normalized spacial score (nSPS) is 11.4. The zero-order chi connectivity index (χ0) is 19.2. The van der Waals surface area contributed by atoms with Gasteiger partial charge in [-0.15, -0.1) is 0 Å². The van der Waals surface area contributed by atoms with Crippen LogP contribution >= 0.6 is 0 Å². The Kier molecular flexibility index (Phi) is 6.88. The summed E-state index contributed by atoms with van der Waals surface area (Å²) in [6.45, 7) is 4.59. The molecular formula is C19H25NO5S. The molecule has 0 unspecified atom stereocenters. The lowest BCUT2D eigenvalue weighted by molar-refractivity contribution is 0.322. The number of hydrogen-bond acceptors (Lipinski definition) is 5. The summed E-state index contributed by atoms with van der Waals surface area (Å²) in [5.74, 6) is 1.84. The first kappa shape index (κ1) is 20.1. The van der Waals surface area contributed by atoms with Crippen molar-refractivity contribution in [2.24, 2.45) is 0 Å². The van der Waals surface area contributed by atoms with Crippen LogP contribution in [0.3, 0.4) is 0 Å². The zero-order valence-electron chi connectivity index (χ0n) is 15.5. The van der Waals surface area contributed by atoms with E-state index in [1.54, 1.807) is 12.1 Å². The van der Waals surface area contributed by atoms with Crippen molar-refractivity contribution < 1.29 is 22.6 Å². The molecule has 142 valence electrons. The third-order valence-corrected chi connectivity index (χ3v) is 5.35. The molecule has 7 heteroatoms. The fourth-order valence-corrected chi connectivity index (χ4v) is 3.56. The number of ether oxygens (including phenoxy) is 3. The van der Waals surface area contributed by atoms with Crippen LogP contribution < -0.4 is 18.9 Å². The molecule has 2 aromatic carbocycles. The summed E-state index contributed by atoms with van der Waals surface area (Å²) >= 11 is 0. The molecule has 0 heterocycles. The Morgan fingerprint density at radius 3 is 2.19 bits per heavy atom. The molecular weight excluding hydrogens is 354 g/mol. The van der Waals surface area contributed by atoms with E-state index in [9.17, 15) is 8.42 Å². The van der Waals surface area contributed by atoms with E-state index < -0.39 is 10.0 Å². The van der Waals surface area contributed by atoms with Crippen LogP contribution in [0.2, 0.25) is 0 Å². The smallest absolute Gasteiger partial charge is 0.244 e. The lowest BCUT2D eigenvalue weighted by Gasteiger charge is -2.13. The molecule has 0 fully saturated rings. The molecule has 2 rings (SSSR count). The molecule has 0 aromatic heterocycles. The molecule has 0 radical (unpaired) electrons. The van der Waals surface area contributed by atoms with Crippen LogP contribution in [0.1, 0.15) is 25.3 Å². The average Bonchev–Trinajstić information content (AvgIpc) is 2.65. The molecule has 2 aromatic rings. The minimum Gasteiger partial charge on any atom is -0.497 e. The zero-order valence-corrected chi connectivity index (χ0v) is 16.3. The van der Waals surface area contributed by atoms with Gasteiger partial charge in [0, 0.05) is 12.6 Å². The van der Waals surface area contributed by atoms with E-state index in [-0.39, 0.29) is 23.8 Å². The first-order chi connectivity index (χ1) is 12.4. The van der Waals surface area contributed by atoms with Crippen LogP contribution in [0.5, 0.6) is 17.2 Å². The largest absolute Gasteiger partial charge is 0.497 e. The van der Waals surface area contributed by atoms with Gasteiger partial charge in [0.1, 0.15) is 28.8 Å². The van der Waals surface area contributed by atoms with E-state index in [1.165, 1.54) is 25.8 Å². The van der Waals surface area contributed by atoms with Crippen molar-refractivity contribution in [2.45, 2.75) is 24.7 Å². The van der Waals surface area contributed by atoms with Crippen molar-refractivity contribution in [1.82, 2.24) is 4.72 Å². The summed E-state index contributed by atoms with van der Waals surface area (Å²) < 4.78 is 43.3. The Balaban J connectivity index is 1.96. The Labute approximate surface area is 155 Å². The first-order valence-corrected chi connectivity index (χ1v) is 9.80. The summed E-state index contributed by atoms with van der Waals surface area (Å²) in [7, 11) is -0.845.